The average Bonchev–Trinajstić information content (AvgIpc) is 2.48. The second kappa shape index (κ2) is 5.95. The van der Waals surface area contributed by atoms with Crippen molar-refractivity contribution in [3.8, 4) is 11.3 Å². The summed E-state index contributed by atoms with van der Waals surface area (Å²) in [4.78, 5) is 4.25. The number of alkyl halides is 3. The van der Waals surface area contributed by atoms with Gasteiger partial charge in [0.2, 0.25) is 0 Å². The molecule has 2 rings (SSSR count). The summed E-state index contributed by atoms with van der Waals surface area (Å²) in [5.74, 6) is 0. The van der Waals surface area contributed by atoms with Crippen LogP contribution < -0.4 is 0 Å². The summed E-state index contributed by atoms with van der Waals surface area (Å²) in [6.07, 6.45) is -3.93. The molecule has 0 unspecified atom stereocenters. The van der Waals surface area contributed by atoms with E-state index in [1.54, 1.807) is 31.2 Å². The van der Waals surface area contributed by atoms with E-state index in [2.05, 4.69) is 10.1 Å². The third-order valence-corrected chi connectivity index (χ3v) is 2.99. The fourth-order valence-corrected chi connectivity index (χ4v) is 1.91. The zero-order valence-corrected chi connectivity index (χ0v) is 11.2. The first kappa shape index (κ1) is 15.0. The van der Waals surface area contributed by atoms with Gasteiger partial charge in [-0.25, -0.2) is 4.98 Å². The van der Waals surface area contributed by atoms with Crippen molar-refractivity contribution in [2.45, 2.75) is 19.5 Å². The largest absolute Gasteiger partial charge is 0.416 e. The number of hydrogen-bond donors (Lipinski definition) is 1. The summed E-state index contributed by atoms with van der Waals surface area (Å²) in [6.45, 7) is 1.80. The maximum Gasteiger partial charge on any atom is 0.416 e. The van der Waals surface area contributed by atoms with Gasteiger partial charge in [-0.15, -0.1) is 0 Å². The molecule has 0 aliphatic carbocycles. The molecule has 6 heteroatoms. The van der Waals surface area contributed by atoms with E-state index in [0.29, 0.717) is 29.1 Å². The van der Waals surface area contributed by atoms with Crippen LogP contribution in [0.1, 0.15) is 24.6 Å². The third-order valence-electron chi connectivity index (χ3n) is 2.99. The van der Waals surface area contributed by atoms with Crippen LogP contribution in [0.15, 0.2) is 47.6 Å². The maximum atomic E-state index is 12.7. The number of aromatic nitrogens is 1. The molecule has 2 aromatic rings. The minimum atomic E-state index is -4.39. The molecule has 1 aromatic carbocycles. The number of rotatable bonds is 3. The van der Waals surface area contributed by atoms with Gasteiger partial charge in [0.05, 0.1) is 17.0 Å². The molecular formula is C15H13F3N2O. The number of benzene rings is 1. The molecule has 0 fully saturated rings. The Balaban J connectivity index is 2.46. The molecule has 0 amide bonds. The molecule has 110 valence electrons. The van der Waals surface area contributed by atoms with E-state index < -0.39 is 11.7 Å². The van der Waals surface area contributed by atoms with Gasteiger partial charge in [-0.3, -0.25) is 0 Å². The number of oxime groups is 1. The Morgan fingerprint density at radius 3 is 2.52 bits per heavy atom. The molecule has 0 aliphatic heterocycles. The van der Waals surface area contributed by atoms with Gasteiger partial charge in [0.1, 0.15) is 5.71 Å². The maximum absolute atomic E-state index is 12.7. The molecule has 0 aliphatic rings. The molecule has 1 heterocycles. The molecule has 1 aromatic heterocycles. The van der Waals surface area contributed by atoms with Crippen LogP contribution >= 0.6 is 0 Å². The van der Waals surface area contributed by atoms with Gasteiger partial charge < -0.3 is 5.21 Å². The van der Waals surface area contributed by atoms with E-state index in [1.807, 2.05) is 0 Å². The van der Waals surface area contributed by atoms with Gasteiger partial charge >= 0.3 is 6.18 Å². The standard InChI is InChI=1S/C15H13F3N2O/c1-2-12(20-21)14-8-4-7-13(19-14)10-5-3-6-11(9-10)15(16,17)18/h3-9,21H,2H2,1H3. The molecular weight excluding hydrogens is 281 g/mol. The lowest BCUT2D eigenvalue weighted by Gasteiger charge is -2.09. The van der Waals surface area contributed by atoms with Crippen LogP contribution in [0.3, 0.4) is 0 Å². The van der Waals surface area contributed by atoms with E-state index in [9.17, 15) is 13.2 Å². The van der Waals surface area contributed by atoms with Gasteiger partial charge in [-0.05, 0) is 30.7 Å². The third kappa shape index (κ3) is 3.39. The lowest BCUT2D eigenvalue weighted by molar-refractivity contribution is -0.137. The van der Waals surface area contributed by atoms with Crippen molar-refractivity contribution < 1.29 is 18.4 Å². The predicted molar refractivity (Wildman–Crippen MR) is 73.3 cm³/mol. The van der Waals surface area contributed by atoms with Crippen molar-refractivity contribution in [1.82, 2.24) is 4.98 Å². The lowest BCUT2D eigenvalue weighted by Crippen LogP contribution is -2.05. The Kier molecular flexibility index (Phi) is 4.26. The molecule has 0 spiro atoms. The first-order valence-corrected chi connectivity index (χ1v) is 6.31. The van der Waals surface area contributed by atoms with E-state index in [1.165, 1.54) is 6.07 Å². The smallest absolute Gasteiger partial charge is 0.411 e. The van der Waals surface area contributed by atoms with Crippen LogP contribution in [0, 0.1) is 0 Å². The Bertz CT molecular complexity index is 666. The number of hydrogen-bond acceptors (Lipinski definition) is 3. The van der Waals surface area contributed by atoms with Crippen molar-refractivity contribution in [3.05, 3.63) is 53.7 Å². The lowest BCUT2D eigenvalue weighted by atomic mass is 10.1. The minimum absolute atomic E-state index is 0.361. The quantitative estimate of drug-likeness (QED) is 0.519. The van der Waals surface area contributed by atoms with E-state index in [0.717, 1.165) is 12.1 Å². The topological polar surface area (TPSA) is 45.5 Å². The molecule has 0 radical (unpaired) electrons. The predicted octanol–water partition coefficient (Wildman–Crippen LogP) is 4.36. The Labute approximate surface area is 119 Å². The Hall–Kier alpha value is -2.37. The molecule has 0 saturated heterocycles. The van der Waals surface area contributed by atoms with Crippen molar-refractivity contribution in [3.63, 3.8) is 0 Å². The fourth-order valence-electron chi connectivity index (χ4n) is 1.91. The molecule has 0 bridgehead atoms. The van der Waals surface area contributed by atoms with Gasteiger partial charge in [-0.1, -0.05) is 30.3 Å². The summed E-state index contributed by atoms with van der Waals surface area (Å²) in [6, 6.07) is 9.89. The van der Waals surface area contributed by atoms with Crippen LogP contribution in [0.5, 0.6) is 0 Å². The van der Waals surface area contributed by atoms with Crippen LogP contribution in [0.25, 0.3) is 11.3 Å². The highest BCUT2D eigenvalue weighted by molar-refractivity contribution is 5.98. The SMILES string of the molecule is CCC(=NO)c1cccc(-c2cccc(C(F)(F)F)c2)n1. The second-order valence-corrected chi connectivity index (χ2v) is 4.39. The molecule has 21 heavy (non-hydrogen) atoms. The molecule has 0 atom stereocenters. The van der Waals surface area contributed by atoms with Crippen LogP contribution in [-0.4, -0.2) is 15.9 Å². The second-order valence-electron chi connectivity index (χ2n) is 4.39. The van der Waals surface area contributed by atoms with Gasteiger partial charge in [0.25, 0.3) is 0 Å². The fraction of sp³-hybridized carbons (Fsp3) is 0.200. The van der Waals surface area contributed by atoms with Crippen molar-refractivity contribution in [2.75, 3.05) is 0 Å². The first-order valence-electron chi connectivity index (χ1n) is 6.31. The van der Waals surface area contributed by atoms with Gasteiger partial charge in [0.15, 0.2) is 0 Å². The van der Waals surface area contributed by atoms with Crippen molar-refractivity contribution in [1.29, 1.82) is 0 Å². The first-order chi connectivity index (χ1) is 9.95. The number of halogens is 3. The molecule has 3 nitrogen and oxygen atoms in total. The summed E-state index contributed by atoms with van der Waals surface area (Å²) in [5, 5.41) is 12.0. The Morgan fingerprint density at radius 1 is 1.19 bits per heavy atom. The van der Waals surface area contributed by atoms with Crippen molar-refractivity contribution >= 4 is 5.71 Å². The minimum Gasteiger partial charge on any atom is -0.411 e. The van der Waals surface area contributed by atoms with Crippen LogP contribution in [0.2, 0.25) is 0 Å². The Morgan fingerprint density at radius 2 is 1.90 bits per heavy atom. The van der Waals surface area contributed by atoms with Crippen LogP contribution in [-0.2, 0) is 6.18 Å². The number of nitrogens with zero attached hydrogens (tertiary/aromatic N) is 2. The summed E-state index contributed by atoms with van der Waals surface area (Å²) < 4.78 is 38.2. The average molecular weight is 294 g/mol. The van der Waals surface area contributed by atoms with E-state index in [-0.39, 0.29) is 0 Å². The summed E-state index contributed by atoms with van der Waals surface area (Å²) >= 11 is 0. The van der Waals surface area contributed by atoms with Crippen LogP contribution in [0.4, 0.5) is 13.2 Å². The molecule has 0 saturated carbocycles. The zero-order chi connectivity index (χ0) is 15.5. The zero-order valence-electron chi connectivity index (χ0n) is 11.2. The summed E-state index contributed by atoms with van der Waals surface area (Å²) in [7, 11) is 0. The van der Waals surface area contributed by atoms with E-state index >= 15 is 0 Å². The monoisotopic (exact) mass is 294 g/mol. The molecule has 1 N–H and O–H groups in total. The number of pyridine rings is 1. The normalized spacial score (nSPS) is 12.5. The van der Waals surface area contributed by atoms with Crippen molar-refractivity contribution in [2.24, 2.45) is 5.16 Å². The van der Waals surface area contributed by atoms with Gasteiger partial charge in [0, 0.05) is 5.56 Å². The highest BCUT2D eigenvalue weighted by Crippen LogP contribution is 2.31. The summed E-state index contributed by atoms with van der Waals surface area (Å²) in [5.41, 5.74) is 0.853. The van der Waals surface area contributed by atoms with Gasteiger partial charge in [-0.2, -0.15) is 13.2 Å². The van der Waals surface area contributed by atoms with E-state index in [4.69, 9.17) is 5.21 Å². The highest BCUT2D eigenvalue weighted by Gasteiger charge is 2.30. The highest BCUT2D eigenvalue weighted by atomic mass is 19.4.